The van der Waals surface area contributed by atoms with Gasteiger partial charge in [-0.05, 0) is 75.1 Å². The van der Waals surface area contributed by atoms with Crippen molar-refractivity contribution in [1.82, 2.24) is 10.2 Å². The number of amides is 2. The molecule has 3 aromatic carbocycles. The number of sulfonamides is 1. The average Bonchev–Trinajstić information content (AvgIpc) is 2.89. The molecule has 7 nitrogen and oxygen atoms in total. The Labute approximate surface area is 263 Å². The maximum absolute atomic E-state index is 14.0. The number of halogens is 2. The van der Waals surface area contributed by atoms with Gasteiger partial charge in [0.05, 0.1) is 11.9 Å². The second kappa shape index (κ2) is 14.5. The Hall–Kier alpha value is -2.88. The molecule has 42 heavy (non-hydrogen) atoms. The van der Waals surface area contributed by atoms with E-state index in [1.807, 2.05) is 82.3 Å². The average molecular weight is 677 g/mol. The Bertz CT molecular complexity index is 1490. The first-order valence-corrected chi connectivity index (χ1v) is 16.8. The van der Waals surface area contributed by atoms with E-state index in [9.17, 15) is 18.0 Å². The number of aryl methyl sites for hydroxylation is 1. The molecule has 0 aliphatic rings. The normalized spacial score (nSPS) is 12.5. The maximum atomic E-state index is 14.0. The van der Waals surface area contributed by atoms with E-state index < -0.39 is 21.6 Å². The van der Waals surface area contributed by atoms with Crippen LogP contribution in [0.2, 0.25) is 5.02 Å². The summed E-state index contributed by atoms with van der Waals surface area (Å²) in [5.74, 6) is -0.488. The number of hydrogen-bond donors (Lipinski definition) is 1. The molecule has 3 rings (SSSR count). The molecule has 0 fully saturated rings. The minimum absolute atomic E-state index is 0.0493. The van der Waals surface area contributed by atoms with Gasteiger partial charge in [-0.1, -0.05) is 76.1 Å². The van der Waals surface area contributed by atoms with E-state index >= 15 is 0 Å². The van der Waals surface area contributed by atoms with Crippen LogP contribution in [0.1, 0.15) is 50.3 Å². The van der Waals surface area contributed by atoms with Gasteiger partial charge >= 0.3 is 0 Å². The molecule has 0 aliphatic carbocycles. The highest BCUT2D eigenvalue weighted by atomic mass is 79.9. The fourth-order valence-electron chi connectivity index (χ4n) is 4.67. The van der Waals surface area contributed by atoms with Crippen molar-refractivity contribution >= 4 is 55.1 Å². The lowest BCUT2D eigenvalue weighted by Gasteiger charge is -2.34. The predicted octanol–water partition coefficient (Wildman–Crippen LogP) is 6.51. The minimum Gasteiger partial charge on any atom is -0.350 e. The van der Waals surface area contributed by atoms with E-state index in [1.54, 1.807) is 23.1 Å². The third-order valence-electron chi connectivity index (χ3n) is 6.60. The fourth-order valence-corrected chi connectivity index (χ4v) is 6.30. The lowest BCUT2D eigenvalue weighted by molar-refractivity contribution is -0.142. The summed E-state index contributed by atoms with van der Waals surface area (Å²) in [6.07, 6.45) is 1.78. The zero-order valence-electron chi connectivity index (χ0n) is 24.7. The van der Waals surface area contributed by atoms with Crippen molar-refractivity contribution in [1.29, 1.82) is 0 Å². The molecule has 0 radical (unpaired) electrons. The third-order valence-corrected chi connectivity index (χ3v) is 8.51. The summed E-state index contributed by atoms with van der Waals surface area (Å²) in [6.45, 7) is 7.84. The van der Waals surface area contributed by atoms with E-state index in [-0.39, 0.29) is 37.7 Å². The number of nitrogens with zero attached hydrogens (tertiary/aromatic N) is 2. The molecule has 0 bridgehead atoms. The van der Waals surface area contributed by atoms with Gasteiger partial charge in [-0.2, -0.15) is 0 Å². The second-order valence-corrected chi connectivity index (χ2v) is 14.7. The molecule has 0 spiro atoms. The first kappa shape index (κ1) is 33.6. The predicted molar refractivity (Wildman–Crippen MR) is 174 cm³/mol. The lowest BCUT2D eigenvalue weighted by Crippen LogP contribution is -2.54. The Morgan fingerprint density at radius 1 is 0.976 bits per heavy atom. The van der Waals surface area contributed by atoms with E-state index in [1.165, 1.54) is 4.31 Å². The topological polar surface area (TPSA) is 86.8 Å². The molecule has 0 unspecified atom stereocenters. The maximum Gasteiger partial charge on any atom is 0.243 e. The number of carbonyl (C=O) groups is 2. The van der Waals surface area contributed by atoms with E-state index in [0.29, 0.717) is 17.1 Å². The van der Waals surface area contributed by atoms with Crippen molar-refractivity contribution in [2.24, 2.45) is 0 Å². The number of carbonyl (C=O) groups excluding carboxylic acids is 2. The Morgan fingerprint density at radius 2 is 1.64 bits per heavy atom. The molecular formula is C32H39BrClN3O4S. The van der Waals surface area contributed by atoms with E-state index in [0.717, 1.165) is 27.4 Å². The van der Waals surface area contributed by atoms with Crippen LogP contribution in [0, 0.1) is 6.92 Å². The monoisotopic (exact) mass is 675 g/mol. The van der Waals surface area contributed by atoms with Crippen molar-refractivity contribution in [3.8, 4) is 0 Å². The quantitative estimate of drug-likeness (QED) is 0.237. The molecule has 0 saturated heterocycles. The summed E-state index contributed by atoms with van der Waals surface area (Å²) in [5, 5.41) is 3.48. The molecule has 3 aromatic rings. The van der Waals surface area contributed by atoms with Crippen LogP contribution in [-0.2, 0) is 32.6 Å². The number of anilines is 1. The van der Waals surface area contributed by atoms with Crippen molar-refractivity contribution in [3.63, 3.8) is 0 Å². The summed E-state index contributed by atoms with van der Waals surface area (Å²) in [5.41, 5.74) is 2.54. The van der Waals surface area contributed by atoms with Gasteiger partial charge in [0.1, 0.15) is 6.04 Å². The minimum atomic E-state index is -3.64. The SMILES string of the molecule is Cc1ccc(Cl)cc1N(CCCC(=O)N(Cc1cccc(Br)c1)[C@@H](Cc1ccccc1)C(=O)NC(C)(C)C)S(C)(=O)=O. The summed E-state index contributed by atoms with van der Waals surface area (Å²) < 4.78 is 27.6. The molecule has 226 valence electrons. The van der Waals surface area contributed by atoms with Gasteiger partial charge in [0.25, 0.3) is 0 Å². The molecule has 0 aromatic heterocycles. The molecule has 1 N–H and O–H groups in total. The second-order valence-electron chi connectivity index (χ2n) is 11.5. The molecule has 0 aliphatic heterocycles. The molecule has 2 amide bonds. The van der Waals surface area contributed by atoms with Crippen molar-refractivity contribution in [2.75, 3.05) is 17.1 Å². The van der Waals surface area contributed by atoms with Gasteiger partial charge in [-0.25, -0.2) is 8.42 Å². The standard InChI is InChI=1S/C32H39BrClN3O4S/c1-23-16-17-27(34)21-28(23)37(42(5,40)41)18-10-15-30(38)36(22-25-13-9-14-26(33)19-25)29(31(39)35-32(2,3)4)20-24-11-7-6-8-12-24/h6-9,11-14,16-17,19,21,29H,10,15,18,20,22H2,1-5H3,(H,35,39)/t29-/m0/s1. The van der Waals surface area contributed by atoms with Crippen LogP contribution in [0.4, 0.5) is 5.69 Å². The highest BCUT2D eigenvalue weighted by Gasteiger charge is 2.32. The number of nitrogens with one attached hydrogen (secondary N) is 1. The van der Waals surface area contributed by atoms with Gasteiger partial charge in [-0.15, -0.1) is 0 Å². The van der Waals surface area contributed by atoms with Crippen LogP contribution in [0.3, 0.4) is 0 Å². The van der Waals surface area contributed by atoms with Gasteiger partial charge in [0.2, 0.25) is 21.8 Å². The van der Waals surface area contributed by atoms with Crippen LogP contribution >= 0.6 is 27.5 Å². The molecular weight excluding hydrogens is 638 g/mol. The van der Waals surface area contributed by atoms with Crippen LogP contribution in [-0.4, -0.2) is 49.5 Å². The molecule has 0 saturated carbocycles. The molecule has 10 heteroatoms. The lowest BCUT2D eigenvalue weighted by atomic mass is 10.00. The summed E-state index contributed by atoms with van der Waals surface area (Å²) in [6, 6.07) is 21.6. The summed E-state index contributed by atoms with van der Waals surface area (Å²) >= 11 is 9.68. The highest BCUT2D eigenvalue weighted by Crippen LogP contribution is 2.27. The molecule has 0 heterocycles. The third kappa shape index (κ3) is 10.1. The van der Waals surface area contributed by atoms with E-state index in [2.05, 4.69) is 21.2 Å². The number of benzene rings is 3. The smallest absolute Gasteiger partial charge is 0.243 e. The fraction of sp³-hybridized carbons (Fsp3) is 0.375. The van der Waals surface area contributed by atoms with Gasteiger partial charge < -0.3 is 10.2 Å². The number of rotatable bonds is 12. The van der Waals surface area contributed by atoms with Gasteiger partial charge in [-0.3, -0.25) is 13.9 Å². The molecule has 1 atom stereocenters. The zero-order chi connectivity index (χ0) is 31.1. The van der Waals surface area contributed by atoms with Gasteiger partial charge in [0.15, 0.2) is 0 Å². The Kier molecular flexibility index (Phi) is 11.6. The van der Waals surface area contributed by atoms with Gasteiger partial charge in [0, 0.05) is 41.0 Å². The summed E-state index contributed by atoms with van der Waals surface area (Å²) in [4.78, 5) is 29.3. The van der Waals surface area contributed by atoms with Crippen molar-refractivity contribution in [2.45, 2.75) is 65.1 Å². The zero-order valence-corrected chi connectivity index (χ0v) is 27.9. The van der Waals surface area contributed by atoms with Crippen LogP contribution in [0.5, 0.6) is 0 Å². The van der Waals surface area contributed by atoms with Crippen molar-refractivity contribution in [3.05, 3.63) is 99.0 Å². The Morgan fingerprint density at radius 3 is 2.26 bits per heavy atom. The van der Waals surface area contributed by atoms with Crippen molar-refractivity contribution < 1.29 is 18.0 Å². The van der Waals surface area contributed by atoms with Crippen LogP contribution in [0.25, 0.3) is 0 Å². The highest BCUT2D eigenvalue weighted by molar-refractivity contribution is 9.10. The van der Waals surface area contributed by atoms with Crippen LogP contribution in [0.15, 0.2) is 77.3 Å². The first-order chi connectivity index (χ1) is 19.6. The largest absolute Gasteiger partial charge is 0.350 e. The summed E-state index contributed by atoms with van der Waals surface area (Å²) in [7, 11) is -3.64. The van der Waals surface area contributed by atoms with Crippen LogP contribution < -0.4 is 9.62 Å². The number of hydrogen-bond acceptors (Lipinski definition) is 4. The first-order valence-electron chi connectivity index (χ1n) is 13.8. The Balaban J connectivity index is 1.92. The van der Waals surface area contributed by atoms with E-state index in [4.69, 9.17) is 11.6 Å².